The molecule has 21 heavy (non-hydrogen) atoms. The molecule has 0 spiro atoms. The molecule has 0 saturated heterocycles. The molecule has 2 aromatic heterocycles. The fraction of sp³-hybridized carbons (Fsp3) is 0.214. The van der Waals surface area contributed by atoms with Crippen LogP contribution >= 0.6 is 11.3 Å². The molecule has 0 aliphatic heterocycles. The van der Waals surface area contributed by atoms with Gasteiger partial charge in [0, 0.05) is 11.8 Å². The van der Waals surface area contributed by atoms with Crippen molar-refractivity contribution in [2.24, 2.45) is 0 Å². The van der Waals surface area contributed by atoms with Gasteiger partial charge in [-0.2, -0.15) is 4.98 Å². The van der Waals surface area contributed by atoms with Crippen molar-refractivity contribution in [2.75, 3.05) is 12.3 Å². The largest absolute Gasteiger partial charge is 0.493 e. The average Bonchev–Trinajstić information content (AvgIpc) is 3.10. The van der Waals surface area contributed by atoms with E-state index in [2.05, 4.69) is 15.1 Å². The lowest BCUT2D eigenvalue weighted by atomic mass is 10.3. The molecule has 0 bridgehead atoms. The molecule has 3 rings (SSSR count). The molecule has 7 heteroatoms. The zero-order chi connectivity index (χ0) is 14.5. The van der Waals surface area contributed by atoms with Gasteiger partial charge in [0.05, 0.1) is 18.7 Å². The Morgan fingerprint density at radius 2 is 2.05 bits per heavy atom. The Kier molecular flexibility index (Phi) is 4.11. The molecule has 6 nitrogen and oxygen atoms in total. The Hall–Kier alpha value is -2.41. The number of nitrogen functional groups attached to an aromatic ring is 1. The maximum Gasteiger partial charge on any atom is 0.232 e. The second-order valence-corrected chi connectivity index (χ2v) is 5.26. The number of aromatic nitrogens is 3. The van der Waals surface area contributed by atoms with Gasteiger partial charge >= 0.3 is 0 Å². The van der Waals surface area contributed by atoms with Crippen LogP contribution < -0.4 is 10.5 Å². The van der Waals surface area contributed by atoms with Gasteiger partial charge in [-0.3, -0.25) is 0 Å². The summed E-state index contributed by atoms with van der Waals surface area (Å²) in [5.74, 6) is 2.00. The number of para-hydroxylation sites is 1. The van der Waals surface area contributed by atoms with Crippen molar-refractivity contribution >= 4 is 16.5 Å². The number of hydrogen-bond acceptors (Lipinski definition) is 7. The van der Waals surface area contributed by atoms with Crippen LogP contribution in [-0.4, -0.2) is 21.7 Å². The topological polar surface area (TPSA) is 87.1 Å². The molecular weight excluding hydrogens is 288 g/mol. The second-order valence-electron chi connectivity index (χ2n) is 4.37. The van der Waals surface area contributed by atoms with E-state index < -0.39 is 0 Å². The van der Waals surface area contributed by atoms with Gasteiger partial charge in [-0.25, -0.2) is 4.98 Å². The molecule has 0 aliphatic rings. The fourth-order valence-electron chi connectivity index (χ4n) is 1.80. The van der Waals surface area contributed by atoms with Gasteiger partial charge in [-0.15, -0.1) is 11.3 Å². The highest BCUT2D eigenvalue weighted by molar-refractivity contribution is 7.13. The van der Waals surface area contributed by atoms with Crippen LogP contribution in [0.2, 0.25) is 0 Å². The molecule has 0 aliphatic carbocycles. The van der Waals surface area contributed by atoms with Crippen molar-refractivity contribution in [3.8, 4) is 5.75 Å². The van der Waals surface area contributed by atoms with Gasteiger partial charge in [0.25, 0.3) is 0 Å². The van der Waals surface area contributed by atoms with Crippen molar-refractivity contribution < 1.29 is 9.26 Å². The highest BCUT2D eigenvalue weighted by atomic mass is 32.1. The van der Waals surface area contributed by atoms with E-state index in [0.29, 0.717) is 36.3 Å². The zero-order valence-electron chi connectivity index (χ0n) is 11.2. The molecule has 0 fully saturated rings. The van der Waals surface area contributed by atoms with Crippen molar-refractivity contribution in [2.45, 2.75) is 12.8 Å². The Morgan fingerprint density at radius 1 is 1.19 bits per heavy atom. The molecule has 0 atom stereocenters. The Morgan fingerprint density at radius 3 is 2.81 bits per heavy atom. The van der Waals surface area contributed by atoms with E-state index in [4.69, 9.17) is 15.0 Å². The normalized spacial score (nSPS) is 10.7. The second kappa shape index (κ2) is 6.36. The molecular formula is C14H14N4O2S. The van der Waals surface area contributed by atoms with Crippen LogP contribution in [0.1, 0.15) is 17.4 Å². The predicted molar refractivity (Wildman–Crippen MR) is 79.3 cm³/mol. The van der Waals surface area contributed by atoms with Crippen LogP contribution in [0, 0.1) is 0 Å². The zero-order valence-corrected chi connectivity index (χ0v) is 12.0. The molecule has 0 amide bonds. The van der Waals surface area contributed by atoms with Gasteiger partial charge < -0.3 is 15.0 Å². The third-order valence-electron chi connectivity index (χ3n) is 2.75. The summed E-state index contributed by atoms with van der Waals surface area (Å²) in [6, 6.07) is 9.63. The number of hydrogen-bond donors (Lipinski definition) is 1. The van der Waals surface area contributed by atoms with E-state index in [9.17, 15) is 0 Å². The molecule has 2 N–H and O–H groups in total. The van der Waals surface area contributed by atoms with Gasteiger partial charge in [0.1, 0.15) is 5.75 Å². The molecule has 108 valence electrons. The summed E-state index contributed by atoms with van der Waals surface area (Å²) in [6.45, 7) is 0.507. The van der Waals surface area contributed by atoms with Gasteiger partial charge in [-0.1, -0.05) is 23.4 Å². The summed E-state index contributed by atoms with van der Waals surface area (Å²) in [6.07, 6.45) is 1.10. The Balaban J connectivity index is 1.51. The molecule has 0 saturated carbocycles. The van der Waals surface area contributed by atoms with Crippen molar-refractivity contribution in [1.29, 1.82) is 0 Å². The van der Waals surface area contributed by atoms with Crippen molar-refractivity contribution in [3.05, 3.63) is 53.1 Å². The lowest BCUT2D eigenvalue weighted by molar-refractivity contribution is 0.314. The summed E-state index contributed by atoms with van der Waals surface area (Å²) in [4.78, 5) is 8.47. The lowest BCUT2D eigenvalue weighted by Crippen LogP contribution is -2.02. The summed E-state index contributed by atoms with van der Waals surface area (Å²) in [5.41, 5.74) is 6.42. The van der Waals surface area contributed by atoms with Crippen LogP contribution in [0.5, 0.6) is 5.75 Å². The molecule has 0 unspecified atom stereocenters. The van der Waals surface area contributed by atoms with Gasteiger partial charge in [-0.05, 0) is 12.1 Å². The SMILES string of the molecule is Nc1nc(Cc2nc(CCOc3ccccc3)no2)cs1. The first-order valence-electron chi connectivity index (χ1n) is 6.49. The van der Waals surface area contributed by atoms with Crippen molar-refractivity contribution in [3.63, 3.8) is 0 Å². The van der Waals surface area contributed by atoms with Crippen LogP contribution in [0.4, 0.5) is 5.13 Å². The van der Waals surface area contributed by atoms with Crippen LogP contribution in [0.15, 0.2) is 40.2 Å². The number of rotatable bonds is 6. The number of ether oxygens (including phenoxy) is 1. The van der Waals surface area contributed by atoms with Crippen LogP contribution in [0.3, 0.4) is 0 Å². The van der Waals surface area contributed by atoms with Crippen molar-refractivity contribution in [1.82, 2.24) is 15.1 Å². The number of nitrogens with two attached hydrogens (primary N) is 1. The first-order chi connectivity index (χ1) is 10.3. The monoisotopic (exact) mass is 302 g/mol. The molecule has 0 radical (unpaired) electrons. The maximum atomic E-state index is 5.59. The van der Waals surface area contributed by atoms with E-state index >= 15 is 0 Å². The number of benzene rings is 1. The third-order valence-corrected chi connectivity index (χ3v) is 3.47. The van der Waals surface area contributed by atoms with Gasteiger partial charge in [0.2, 0.25) is 5.89 Å². The maximum absolute atomic E-state index is 5.59. The van der Waals surface area contributed by atoms with E-state index in [1.54, 1.807) is 0 Å². The fourth-order valence-corrected chi connectivity index (χ4v) is 2.36. The van der Waals surface area contributed by atoms with E-state index in [1.165, 1.54) is 11.3 Å². The quantitative estimate of drug-likeness (QED) is 0.752. The number of nitrogens with zero attached hydrogens (tertiary/aromatic N) is 3. The van der Waals surface area contributed by atoms with Crippen LogP contribution in [-0.2, 0) is 12.8 Å². The van der Waals surface area contributed by atoms with Crippen LogP contribution in [0.25, 0.3) is 0 Å². The minimum Gasteiger partial charge on any atom is -0.493 e. The first kappa shape index (κ1) is 13.6. The summed E-state index contributed by atoms with van der Waals surface area (Å²) in [5, 5.41) is 6.36. The summed E-state index contributed by atoms with van der Waals surface area (Å²) >= 11 is 1.40. The Bertz CT molecular complexity index is 696. The minimum absolute atomic E-state index is 0.500. The van der Waals surface area contributed by atoms with E-state index in [-0.39, 0.29) is 0 Å². The molecule has 1 aromatic carbocycles. The molecule has 3 aromatic rings. The smallest absolute Gasteiger partial charge is 0.232 e. The average molecular weight is 302 g/mol. The first-order valence-corrected chi connectivity index (χ1v) is 7.37. The highest BCUT2D eigenvalue weighted by Gasteiger charge is 2.09. The predicted octanol–water partition coefficient (Wildman–Crippen LogP) is 2.32. The highest BCUT2D eigenvalue weighted by Crippen LogP contribution is 2.14. The number of anilines is 1. The van der Waals surface area contributed by atoms with Gasteiger partial charge in [0.15, 0.2) is 11.0 Å². The lowest BCUT2D eigenvalue weighted by Gasteiger charge is -2.02. The third kappa shape index (κ3) is 3.79. The number of thiazole rings is 1. The summed E-state index contributed by atoms with van der Waals surface area (Å²) < 4.78 is 10.8. The van der Waals surface area contributed by atoms with E-state index in [1.807, 2.05) is 35.7 Å². The van der Waals surface area contributed by atoms with E-state index in [0.717, 1.165) is 11.4 Å². The minimum atomic E-state index is 0.500. The standard InChI is InChI=1S/C14H14N4O2S/c15-14-16-10(9-21-14)8-13-17-12(18-20-13)6-7-19-11-4-2-1-3-5-11/h1-5,9H,6-8H2,(H2,15,16). The Labute approximate surface area is 125 Å². The summed E-state index contributed by atoms with van der Waals surface area (Å²) in [7, 11) is 0. The molecule has 2 heterocycles.